The molecule has 4 bridgehead atoms. The van der Waals surface area contributed by atoms with Crippen molar-refractivity contribution < 1.29 is 33.6 Å². The predicted octanol–water partition coefficient (Wildman–Crippen LogP) is 12.3. The fourth-order valence-corrected chi connectivity index (χ4v) is 5.50. The quantitative estimate of drug-likeness (QED) is 0.235. The highest BCUT2D eigenvalue weighted by Gasteiger charge is 2.46. The zero-order valence-electron chi connectivity index (χ0n) is 20.3. The second-order valence-electron chi connectivity index (χ2n) is 9.89. The highest BCUT2D eigenvalue weighted by molar-refractivity contribution is 5.81. The second kappa shape index (κ2) is 34.9. The number of carbonyl (C=O) groups excluding carboxylic acids is 1. The molecule has 4 fully saturated rings. The molecule has 4 heterocycles. The summed E-state index contributed by atoms with van der Waals surface area (Å²) in [5.41, 5.74) is 2.51. The minimum Gasteiger partial charge on any atom is -0.453 e. The van der Waals surface area contributed by atoms with Gasteiger partial charge >= 0.3 is 5.97 Å². The number of carbonyl (C=O) groups is 1. The van der Waals surface area contributed by atoms with Gasteiger partial charge in [0.1, 0.15) is 6.10 Å². The highest BCUT2D eigenvalue weighted by atomic mass is 16.7. The zero-order valence-corrected chi connectivity index (χ0v) is 20.3. The maximum atomic E-state index is 11.5. The Kier molecular flexibility index (Phi) is 50.9. The van der Waals surface area contributed by atoms with Crippen LogP contribution in [0.15, 0.2) is 73.3 Å². The lowest BCUT2D eigenvalue weighted by molar-refractivity contribution is -0.198. The molecule has 0 aromatic heterocycles. The van der Waals surface area contributed by atoms with Crippen molar-refractivity contribution in [3.63, 3.8) is 0 Å². The lowest BCUT2D eigenvalue weighted by Gasteiger charge is -2.34. The molecule has 0 radical (unpaired) electrons. The molecule has 0 amide bonds. The van der Waals surface area contributed by atoms with Gasteiger partial charge in [-0.1, -0.05) is 171 Å². The van der Waals surface area contributed by atoms with E-state index < -0.39 is 24.7 Å². The van der Waals surface area contributed by atoms with Crippen LogP contribution in [-0.4, -0.2) is 61.3 Å². The molecule has 6 rings (SSSR count). The third-order valence-electron chi connectivity index (χ3n) is 7.27. The van der Waals surface area contributed by atoms with E-state index in [9.17, 15) is 9.90 Å². The van der Waals surface area contributed by atoms with E-state index in [2.05, 4.69) is 30.8 Å². The van der Waals surface area contributed by atoms with Crippen LogP contribution in [-0.2, 0) is 41.3 Å². The lowest BCUT2D eigenvalue weighted by atomic mass is 9.87. The average Bonchev–Trinajstić information content (AvgIpc) is 3.51. The topological polar surface area (TPSA) is 83.5 Å². The number of benzene rings is 2. The van der Waals surface area contributed by atoms with Crippen molar-refractivity contribution in [2.45, 2.75) is 167 Å². The zero-order chi connectivity index (χ0) is 24.9. The van der Waals surface area contributed by atoms with Gasteiger partial charge in [-0.25, -0.2) is 4.79 Å². The van der Waals surface area contributed by atoms with Crippen LogP contribution in [0.5, 0.6) is 0 Å². The standard InChI is InChI=1S/C16H18O4.C13H16O3.14CH4/c1-2-14(17)20-15-12(8-11-6-4-3-5-7-11)9-13-10-18-16(15)19-13;14-12-10(6-9-4-2-1-3-5-9)7-11-8-15-13(12)16-11;;;;;;;;;;;;;;/h2-7,12-13,15-16H,1,8-10H2;1-5,10-14H,6-8H2;14*1H4/t12-,13-,15-,16+;10-,11-,12-,13+;;;;;;;;;;;;;;/m00............../s1. The summed E-state index contributed by atoms with van der Waals surface area (Å²) >= 11 is 0. The van der Waals surface area contributed by atoms with Crippen LogP contribution in [0.25, 0.3) is 0 Å². The summed E-state index contributed by atoms with van der Waals surface area (Å²) in [4.78, 5) is 11.5. The highest BCUT2D eigenvalue weighted by Crippen LogP contribution is 2.36. The van der Waals surface area contributed by atoms with Crippen molar-refractivity contribution in [2.24, 2.45) is 11.8 Å². The Morgan fingerprint density at radius 3 is 1.46 bits per heavy atom. The molecule has 7 heteroatoms. The molecular weight excluding hydrogens is 628 g/mol. The molecule has 2 aromatic carbocycles. The predicted molar refractivity (Wildman–Crippen MR) is 226 cm³/mol. The number of hydrogen-bond acceptors (Lipinski definition) is 7. The van der Waals surface area contributed by atoms with Crippen molar-refractivity contribution in [2.75, 3.05) is 13.2 Å². The van der Waals surface area contributed by atoms with Crippen LogP contribution in [0.1, 0.15) is 128 Å². The number of aliphatic hydroxyl groups excluding tert-OH is 1. The second-order valence-corrected chi connectivity index (χ2v) is 9.89. The number of ether oxygens (including phenoxy) is 5. The molecular formula is C43H90O7. The van der Waals surface area contributed by atoms with Crippen molar-refractivity contribution in [3.05, 3.63) is 84.4 Å². The van der Waals surface area contributed by atoms with Crippen LogP contribution in [0, 0.1) is 11.8 Å². The molecule has 4 aliphatic rings. The average molecular weight is 719 g/mol. The first-order chi connectivity index (χ1) is 17.6. The van der Waals surface area contributed by atoms with Gasteiger partial charge < -0.3 is 28.8 Å². The third-order valence-corrected chi connectivity index (χ3v) is 7.27. The van der Waals surface area contributed by atoms with Gasteiger partial charge in [0.05, 0.1) is 25.4 Å². The van der Waals surface area contributed by atoms with Crippen LogP contribution in [0.3, 0.4) is 0 Å². The molecule has 0 spiro atoms. The number of fused-ring (bicyclic) bond motifs is 4. The Balaban J connectivity index is -0.0000000631. The Hall–Kier alpha value is -2.55. The lowest BCUT2D eigenvalue weighted by Crippen LogP contribution is -2.44. The third kappa shape index (κ3) is 18.6. The number of aliphatic hydroxyl groups is 1. The van der Waals surface area contributed by atoms with Crippen LogP contribution < -0.4 is 0 Å². The largest absolute Gasteiger partial charge is 0.453 e. The van der Waals surface area contributed by atoms with E-state index in [0.717, 1.165) is 25.7 Å². The van der Waals surface area contributed by atoms with Crippen LogP contribution >= 0.6 is 0 Å². The van der Waals surface area contributed by atoms with Crippen molar-refractivity contribution in [1.82, 2.24) is 0 Å². The fourth-order valence-electron chi connectivity index (χ4n) is 5.50. The van der Waals surface area contributed by atoms with Gasteiger partial charge in [-0.2, -0.15) is 0 Å². The molecule has 0 saturated carbocycles. The molecule has 1 N–H and O–H groups in total. The first kappa shape index (κ1) is 73.0. The molecule has 4 saturated heterocycles. The summed E-state index contributed by atoms with van der Waals surface area (Å²) in [5.74, 6) is 0.0480. The van der Waals surface area contributed by atoms with Gasteiger partial charge in [0, 0.05) is 12.0 Å². The molecule has 8 atom stereocenters. The first-order valence-corrected chi connectivity index (χ1v) is 12.7. The van der Waals surface area contributed by atoms with Gasteiger partial charge in [-0.05, 0) is 42.7 Å². The van der Waals surface area contributed by atoms with Crippen molar-refractivity contribution in [3.8, 4) is 0 Å². The Labute approximate surface area is 315 Å². The number of esters is 1. The van der Waals surface area contributed by atoms with E-state index in [4.69, 9.17) is 23.7 Å². The molecule has 0 unspecified atom stereocenters. The van der Waals surface area contributed by atoms with Crippen molar-refractivity contribution >= 4 is 5.97 Å². The number of hydrogen-bond donors (Lipinski definition) is 1. The summed E-state index contributed by atoms with van der Waals surface area (Å²) in [6, 6.07) is 20.5. The molecule has 0 aliphatic carbocycles. The van der Waals surface area contributed by atoms with E-state index in [-0.39, 0.29) is 134 Å². The van der Waals surface area contributed by atoms with E-state index in [0.29, 0.717) is 13.2 Å². The van der Waals surface area contributed by atoms with Gasteiger partial charge in [-0.15, -0.1) is 0 Å². The minimum absolute atomic E-state index is 0. The number of rotatable bonds is 6. The monoisotopic (exact) mass is 719 g/mol. The summed E-state index contributed by atoms with van der Waals surface area (Å²) in [5, 5.41) is 10.1. The normalized spacial score (nSPS) is 24.7. The Bertz CT molecular complexity index is 1000. The van der Waals surface area contributed by atoms with E-state index >= 15 is 0 Å². The molecule has 7 nitrogen and oxygen atoms in total. The summed E-state index contributed by atoms with van der Waals surface area (Å²) < 4.78 is 27.6. The smallest absolute Gasteiger partial charge is 0.330 e. The molecule has 50 heavy (non-hydrogen) atoms. The molecule has 2 aromatic rings. The van der Waals surface area contributed by atoms with Gasteiger partial charge in [0.25, 0.3) is 0 Å². The summed E-state index contributed by atoms with van der Waals surface area (Å²) in [7, 11) is 0. The Morgan fingerprint density at radius 1 is 0.640 bits per heavy atom. The van der Waals surface area contributed by atoms with Crippen molar-refractivity contribution in [1.29, 1.82) is 0 Å². The fraction of sp³-hybridized carbons (Fsp3) is 0.651. The van der Waals surface area contributed by atoms with Crippen LogP contribution in [0.4, 0.5) is 0 Å². The Morgan fingerprint density at radius 2 is 1.02 bits per heavy atom. The van der Waals surface area contributed by atoms with Gasteiger partial charge in [0.2, 0.25) is 0 Å². The van der Waals surface area contributed by atoms with E-state index in [1.165, 1.54) is 17.2 Å². The van der Waals surface area contributed by atoms with Gasteiger partial charge in [-0.3, -0.25) is 0 Å². The molecule has 4 aliphatic heterocycles. The first-order valence-electron chi connectivity index (χ1n) is 12.7. The van der Waals surface area contributed by atoms with E-state index in [1.54, 1.807) is 0 Å². The van der Waals surface area contributed by atoms with Gasteiger partial charge in [0.15, 0.2) is 18.7 Å². The summed E-state index contributed by atoms with van der Waals surface area (Å²) in [6.45, 7) is 4.65. The maximum absolute atomic E-state index is 11.5. The summed E-state index contributed by atoms with van der Waals surface area (Å²) in [6.07, 6.45) is 3.30. The maximum Gasteiger partial charge on any atom is 0.330 e. The molecule has 304 valence electrons. The van der Waals surface area contributed by atoms with Crippen LogP contribution in [0.2, 0.25) is 0 Å². The minimum atomic E-state index is -0.487. The van der Waals surface area contributed by atoms with E-state index in [1.807, 2.05) is 36.4 Å². The SMILES string of the molecule is C.C.C.C.C.C.C.C.C.C.C.C.C.C.C=CC(=O)O[C@H]1[C@@H](Cc2ccccc2)C[C@H]2CO[C@@H]1O2.O[C@H]1[C@@H](Cc2ccccc2)C[C@H]2CO[C@@H]1O2.